The van der Waals surface area contributed by atoms with E-state index in [2.05, 4.69) is 20.3 Å². The molecule has 0 spiro atoms. The van der Waals surface area contributed by atoms with Gasteiger partial charge in [0.25, 0.3) is 5.91 Å². The molecular weight excluding hydrogens is 492 g/mol. The maximum absolute atomic E-state index is 14.7. The monoisotopic (exact) mass is 518 g/mol. The highest BCUT2D eigenvalue weighted by Crippen LogP contribution is 2.44. The highest BCUT2D eigenvalue weighted by atomic mass is 19.3. The Bertz CT molecular complexity index is 1250. The van der Waals surface area contributed by atoms with Crippen molar-refractivity contribution in [3.8, 4) is 17.1 Å². The molecule has 1 fully saturated rings. The van der Waals surface area contributed by atoms with Crippen molar-refractivity contribution >= 4 is 11.6 Å². The summed E-state index contributed by atoms with van der Waals surface area (Å²) < 4.78 is 61.7. The van der Waals surface area contributed by atoms with Crippen LogP contribution in [0.1, 0.15) is 54.6 Å². The van der Waals surface area contributed by atoms with Crippen LogP contribution in [0.2, 0.25) is 0 Å². The molecule has 37 heavy (non-hydrogen) atoms. The smallest absolute Gasteiger partial charge is 0.316 e. The van der Waals surface area contributed by atoms with E-state index in [0.717, 1.165) is 18.2 Å². The van der Waals surface area contributed by atoms with Gasteiger partial charge in [-0.3, -0.25) is 9.78 Å². The minimum absolute atomic E-state index is 0.0181. The number of amides is 1. The summed E-state index contributed by atoms with van der Waals surface area (Å²) in [6.45, 7) is 1.89. The van der Waals surface area contributed by atoms with Crippen LogP contribution in [-0.2, 0) is 0 Å². The Hall–Kier alpha value is -3.60. The number of carbonyl (C=O) groups excluding carboxylic acids is 1. The molecule has 0 bridgehead atoms. The molecule has 7 nitrogen and oxygen atoms in total. The Morgan fingerprint density at radius 2 is 1.84 bits per heavy atom. The van der Waals surface area contributed by atoms with Crippen molar-refractivity contribution in [3.63, 3.8) is 0 Å². The van der Waals surface area contributed by atoms with Crippen LogP contribution in [0, 0.1) is 17.6 Å². The molecule has 0 radical (unpaired) electrons. The van der Waals surface area contributed by atoms with Crippen LogP contribution in [-0.4, -0.2) is 45.1 Å². The molecule has 0 saturated heterocycles. The van der Waals surface area contributed by atoms with Gasteiger partial charge < -0.3 is 15.2 Å². The summed E-state index contributed by atoms with van der Waals surface area (Å²) in [5, 5.41) is 11.8. The normalized spacial score (nSPS) is 16.3. The predicted molar refractivity (Wildman–Crippen MR) is 127 cm³/mol. The second kappa shape index (κ2) is 11.2. The van der Waals surface area contributed by atoms with E-state index in [9.17, 15) is 22.4 Å². The van der Waals surface area contributed by atoms with Gasteiger partial charge in [-0.25, -0.2) is 27.5 Å². The zero-order valence-electron chi connectivity index (χ0n) is 20.1. The van der Waals surface area contributed by atoms with Crippen molar-refractivity contribution in [3.05, 3.63) is 65.7 Å². The SMILES string of the molecule is C[C@@H](CO)COc1ncc(C(=O)Nc2c(-c3cc(F)ccc3F)ccnc2C2CCC(F)(F)CC2)cn1. The van der Waals surface area contributed by atoms with Crippen LogP contribution in [0.4, 0.5) is 23.2 Å². The maximum Gasteiger partial charge on any atom is 0.316 e. The Morgan fingerprint density at radius 1 is 1.14 bits per heavy atom. The van der Waals surface area contributed by atoms with E-state index in [1.54, 1.807) is 6.92 Å². The van der Waals surface area contributed by atoms with E-state index >= 15 is 0 Å². The van der Waals surface area contributed by atoms with Crippen molar-refractivity contribution < 1.29 is 32.2 Å². The number of carbonyl (C=O) groups is 1. The first kappa shape index (κ1) is 26.5. The summed E-state index contributed by atoms with van der Waals surface area (Å²) in [7, 11) is 0. The lowest BCUT2D eigenvalue weighted by atomic mass is 9.83. The van der Waals surface area contributed by atoms with Crippen LogP contribution in [0.15, 0.2) is 42.9 Å². The van der Waals surface area contributed by atoms with Gasteiger partial charge in [0.1, 0.15) is 11.6 Å². The summed E-state index contributed by atoms with van der Waals surface area (Å²) in [4.78, 5) is 25.5. The molecule has 1 aliphatic rings. The van der Waals surface area contributed by atoms with Gasteiger partial charge in [0, 0.05) is 61.0 Å². The van der Waals surface area contributed by atoms with E-state index in [1.807, 2.05) is 0 Å². The van der Waals surface area contributed by atoms with Crippen LogP contribution < -0.4 is 10.1 Å². The first-order valence-corrected chi connectivity index (χ1v) is 11.9. The molecule has 1 amide bonds. The van der Waals surface area contributed by atoms with Gasteiger partial charge in [-0.2, -0.15) is 0 Å². The summed E-state index contributed by atoms with van der Waals surface area (Å²) in [6.07, 6.45) is 3.44. The number of ether oxygens (including phenoxy) is 1. The van der Waals surface area contributed by atoms with Gasteiger partial charge in [-0.1, -0.05) is 6.92 Å². The van der Waals surface area contributed by atoms with Gasteiger partial charge in [0.05, 0.1) is 23.6 Å². The number of halogens is 4. The van der Waals surface area contributed by atoms with Gasteiger partial charge >= 0.3 is 6.01 Å². The molecule has 1 saturated carbocycles. The van der Waals surface area contributed by atoms with Gasteiger partial charge in [0.15, 0.2) is 0 Å². The van der Waals surface area contributed by atoms with E-state index in [1.165, 1.54) is 24.7 Å². The fraction of sp³-hybridized carbons (Fsp3) is 0.385. The Balaban J connectivity index is 1.66. The number of pyridine rings is 1. The molecule has 0 aliphatic heterocycles. The van der Waals surface area contributed by atoms with Crippen molar-refractivity contribution in [2.24, 2.45) is 5.92 Å². The van der Waals surface area contributed by atoms with Crippen molar-refractivity contribution in [1.29, 1.82) is 0 Å². The topological polar surface area (TPSA) is 97.2 Å². The summed E-state index contributed by atoms with van der Waals surface area (Å²) in [5.74, 6) is -5.36. The van der Waals surface area contributed by atoms with E-state index < -0.39 is 29.4 Å². The van der Waals surface area contributed by atoms with Gasteiger partial charge in [0.2, 0.25) is 5.92 Å². The fourth-order valence-corrected chi connectivity index (χ4v) is 4.12. The standard InChI is InChI=1S/C26H26F4N4O3/c1-15(13-35)14-37-25-32-11-17(12-33-25)24(36)34-23-19(20-10-18(27)2-3-21(20)28)6-9-31-22(23)16-4-7-26(29,30)8-5-16/h2-3,6,9-12,15-16,35H,4-5,7-8,13-14H2,1H3,(H,34,36)/t15-/m0/s1. The molecule has 3 aromatic rings. The van der Waals surface area contributed by atoms with E-state index in [0.29, 0.717) is 5.69 Å². The highest BCUT2D eigenvalue weighted by molar-refractivity contribution is 6.06. The van der Waals surface area contributed by atoms with Gasteiger partial charge in [-0.15, -0.1) is 0 Å². The zero-order chi connectivity index (χ0) is 26.6. The molecule has 2 heterocycles. The summed E-state index contributed by atoms with van der Waals surface area (Å²) in [5.41, 5.74) is 0.566. The zero-order valence-corrected chi connectivity index (χ0v) is 20.1. The largest absolute Gasteiger partial charge is 0.463 e. The molecular formula is C26H26F4N4O3. The molecule has 11 heteroatoms. The molecule has 2 aromatic heterocycles. The number of benzene rings is 1. The first-order chi connectivity index (χ1) is 17.7. The molecule has 1 atom stereocenters. The van der Waals surface area contributed by atoms with Crippen molar-refractivity contribution in [2.75, 3.05) is 18.5 Å². The first-order valence-electron chi connectivity index (χ1n) is 11.9. The number of nitrogens with one attached hydrogen (secondary N) is 1. The number of hydrogen-bond donors (Lipinski definition) is 2. The number of rotatable bonds is 8. The Kier molecular flexibility index (Phi) is 8.01. The number of nitrogens with zero attached hydrogens (tertiary/aromatic N) is 3. The van der Waals surface area contributed by atoms with Crippen LogP contribution in [0.5, 0.6) is 6.01 Å². The molecule has 4 rings (SSSR count). The number of aromatic nitrogens is 3. The number of aliphatic hydroxyl groups is 1. The van der Waals surface area contributed by atoms with Crippen LogP contribution in [0.25, 0.3) is 11.1 Å². The minimum Gasteiger partial charge on any atom is -0.463 e. The number of alkyl halides is 2. The average molecular weight is 519 g/mol. The summed E-state index contributed by atoms with van der Waals surface area (Å²) in [6, 6.07) is 4.41. The molecule has 1 aliphatic carbocycles. The summed E-state index contributed by atoms with van der Waals surface area (Å²) >= 11 is 0. The number of anilines is 1. The third-order valence-electron chi connectivity index (χ3n) is 6.24. The lowest BCUT2D eigenvalue weighted by Crippen LogP contribution is -2.25. The van der Waals surface area contributed by atoms with Crippen LogP contribution in [0.3, 0.4) is 0 Å². The number of aliphatic hydroxyl groups excluding tert-OH is 1. The predicted octanol–water partition coefficient (Wildman–Crippen LogP) is 5.37. The second-order valence-corrected chi connectivity index (χ2v) is 9.18. The lowest BCUT2D eigenvalue weighted by Gasteiger charge is -2.29. The van der Waals surface area contributed by atoms with E-state index in [-0.39, 0.29) is 73.2 Å². The maximum atomic E-state index is 14.7. The molecule has 196 valence electrons. The van der Waals surface area contributed by atoms with Crippen molar-refractivity contribution in [1.82, 2.24) is 15.0 Å². The minimum atomic E-state index is -2.78. The third-order valence-corrected chi connectivity index (χ3v) is 6.24. The Morgan fingerprint density at radius 3 is 2.51 bits per heavy atom. The highest BCUT2D eigenvalue weighted by Gasteiger charge is 2.37. The average Bonchev–Trinajstić information content (AvgIpc) is 2.89. The molecule has 2 N–H and O–H groups in total. The molecule has 0 unspecified atom stereocenters. The van der Waals surface area contributed by atoms with Crippen molar-refractivity contribution in [2.45, 2.75) is 44.4 Å². The fourth-order valence-electron chi connectivity index (χ4n) is 4.12. The second-order valence-electron chi connectivity index (χ2n) is 9.18. The van der Waals surface area contributed by atoms with Gasteiger partial charge in [-0.05, 0) is 37.1 Å². The van der Waals surface area contributed by atoms with Crippen LogP contribution >= 0.6 is 0 Å². The quantitative estimate of drug-likeness (QED) is 0.389. The Labute approximate surface area is 210 Å². The third kappa shape index (κ3) is 6.40. The lowest BCUT2D eigenvalue weighted by molar-refractivity contribution is -0.0384. The van der Waals surface area contributed by atoms with E-state index in [4.69, 9.17) is 9.84 Å². The molecule has 1 aromatic carbocycles. The number of hydrogen-bond acceptors (Lipinski definition) is 6.